The summed E-state index contributed by atoms with van der Waals surface area (Å²) in [5.41, 5.74) is 7.12. The molecule has 0 unspecified atom stereocenters. The number of benzene rings is 3. The van der Waals surface area contributed by atoms with E-state index in [4.69, 9.17) is 0 Å². The van der Waals surface area contributed by atoms with Crippen molar-refractivity contribution in [2.45, 2.75) is 50.6 Å². The van der Waals surface area contributed by atoms with Crippen LogP contribution in [0.4, 0.5) is 5.69 Å². The first kappa shape index (κ1) is 21.5. The van der Waals surface area contributed by atoms with Crippen LogP contribution in [0, 0.1) is 0 Å². The van der Waals surface area contributed by atoms with Crippen molar-refractivity contribution in [2.75, 3.05) is 11.4 Å². The monoisotopic (exact) mass is 430 g/mol. The summed E-state index contributed by atoms with van der Waals surface area (Å²) in [4.78, 5) is 16.1. The van der Waals surface area contributed by atoms with Gasteiger partial charge < -0.3 is 10.2 Å². The molecule has 0 bridgehead atoms. The smallest absolute Gasteiger partial charge is 0.251 e. The second-order valence-corrected chi connectivity index (χ2v) is 9.09. The average molecular weight is 431 g/mol. The first-order valence-corrected chi connectivity index (χ1v) is 11.5. The summed E-state index contributed by atoms with van der Waals surface area (Å²) in [6, 6.07) is 22.7. The third-order valence-electron chi connectivity index (χ3n) is 5.98. The molecule has 160 valence electrons. The fourth-order valence-electron chi connectivity index (χ4n) is 4.33. The maximum absolute atomic E-state index is 12.7. The summed E-state index contributed by atoms with van der Waals surface area (Å²) in [6.07, 6.45) is 2.13. The summed E-state index contributed by atoms with van der Waals surface area (Å²) >= 11 is 4.31. The van der Waals surface area contributed by atoms with E-state index in [0.29, 0.717) is 12.5 Å². The fraction of sp³-hybridized carbons (Fsp3) is 0.296. The number of thiol groups is 1. The molecule has 3 nitrogen and oxygen atoms in total. The molecule has 1 heterocycles. The van der Waals surface area contributed by atoms with Crippen LogP contribution in [0.25, 0.3) is 0 Å². The SMILES string of the molecule is CC(C)c1ccccc1CN1CCCc2cc(C(=O)NCc3ccc(S)cc3)ccc21. The maximum Gasteiger partial charge on any atom is 0.251 e. The van der Waals surface area contributed by atoms with E-state index in [1.165, 1.54) is 22.4 Å². The van der Waals surface area contributed by atoms with E-state index in [1.807, 2.05) is 30.3 Å². The summed E-state index contributed by atoms with van der Waals surface area (Å²) in [5, 5.41) is 3.03. The topological polar surface area (TPSA) is 32.3 Å². The molecule has 0 saturated heterocycles. The second-order valence-electron chi connectivity index (χ2n) is 8.57. The first-order valence-electron chi connectivity index (χ1n) is 11.0. The minimum absolute atomic E-state index is 0.0278. The summed E-state index contributed by atoms with van der Waals surface area (Å²) in [6.45, 7) is 6.98. The van der Waals surface area contributed by atoms with Crippen molar-refractivity contribution in [1.82, 2.24) is 5.32 Å². The molecule has 1 N–H and O–H groups in total. The highest BCUT2D eigenvalue weighted by atomic mass is 32.1. The minimum atomic E-state index is -0.0278. The van der Waals surface area contributed by atoms with Crippen molar-refractivity contribution in [3.05, 3.63) is 94.5 Å². The van der Waals surface area contributed by atoms with Crippen molar-refractivity contribution in [3.8, 4) is 0 Å². The Hall–Kier alpha value is -2.72. The lowest BCUT2D eigenvalue weighted by molar-refractivity contribution is 0.0951. The Morgan fingerprint density at radius 2 is 1.84 bits per heavy atom. The Kier molecular flexibility index (Phi) is 6.67. The van der Waals surface area contributed by atoms with Gasteiger partial charge in [-0.1, -0.05) is 50.2 Å². The minimum Gasteiger partial charge on any atom is -0.367 e. The molecule has 0 saturated carbocycles. The van der Waals surface area contributed by atoms with Crippen LogP contribution in [0.1, 0.15) is 58.8 Å². The van der Waals surface area contributed by atoms with Crippen LogP contribution >= 0.6 is 12.6 Å². The van der Waals surface area contributed by atoms with Crippen LogP contribution in [0.3, 0.4) is 0 Å². The van der Waals surface area contributed by atoms with Gasteiger partial charge in [-0.3, -0.25) is 4.79 Å². The van der Waals surface area contributed by atoms with Crippen LogP contribution < -0.4 is 10.2 Å². The average Bonchev–Trinajstić information content (AvgIpc) is 2.78. The molecule has 0 spiro atoms. The Morgan fingerprint density at radius 1 is 1.06 bits per heavy atom. The van der Waals surface area contributed by atoms with E-state index in [1.54, 1.807) is 0 Å². The molecule has 31 heavy (non-hydrogen) atoms. The molecule has 4 heteroatoms. The van der Waals surface area contributed by atoms with Gasteiger partial charge >= 0.3 is 0 Å². The van der Waals surface area contributed by atoms with Crippen molar-refractivity contribution in [2.24, 2.45) is 0 Å². The molecule has 0 radical (unpaired) electrons. The number of amides is 1. The zero-order valence-corrected chi connectivity index (χ0v) is 19.2. The number of carbonyl (C=O) groups excluding carboxylic acids is 1. The van der Waals surface area contributed by atoms with E-state index < -0.39 is 0 Å². The number of carbonyl (C=O) groups is 1. The molecule has 0 aliphatic carbocycles. The van der Waals surface area contributed by atoms with E-state index in [-0.39, 0.29) is 5.91 Å². The molecule has 4 rings (SSSR count). The molecule has 0 fully saturated rings. The van der Waals surface area contributed by atoms with Crippen LogP contribution in [-0.2, 0) is 19.5 Å². The zero-order valence-electron chi connectivity index (χ0n) is 18.3. The number of nitrogens with zero attached hydrogens (tertiary/aromatic N) is 1. The van der Waals surface area contributed by atoms with E-state index in [0.717, 1.165) is 42.0 Å². The predicted octanol–water partition coefficient (Wildman–Crippen LogP) is 5.98. The van der Waals surface area contributed by atoms with Crippen molar-refractivity contribution in [1.29, 1.82) is 0 Å². The Morgan fingerprint density at radius 3 is 2.61 bits per heavy atom. The van der Waals surface area contributed by atoms with Crippen LogP contribution in [0.5, 0.6) is 0 Å². The summed E-state index contributed by atoms with van der Waals surface area (Å²) in [7, 11) is 0. The number of hydrogen-bond acceptors (Lipinski definition) is 3. The highest BCUT2D eigenvalue weighted by Gasteiger charge is 2.20. The fourth-order valence-corrected chi connectivity index (χ4v) is 4.47. The van der Waals surface area contributed by atoms with Crippen LogP contribution in [0.2, 0.25) is 0 Å². The van der Waals surface area contributed by atoms with Gasteiger partial charge in [0.1, 0.15) is 0 Å². The normalized spacial score (nSPS) is 13.2. The molecule has 0 aromatic heterocycles. The number of rotatable bonds is 6. The van der Waals surface area contributed by atoms with Crippen molar-refractivity contribution in [3.63, 3.8) is 0 Å². The number of aryl methyl sites for hydroxylation is 1. The van der Waals surface area contributed by atoms with Gasteiger partial charge in [-0.25, -0.2) is 0 Å². The Bertz CT molecular complexity index is 1060. The molecule has 1 aliphatic heterocycles. The van der Waals surface area contributed by atoms with Crippen LogP contribution in [0.15, 0.2) is 71.6 Å². The quantitative estimate of drug-likeness (QED) is 0.472. The number of fused-ring (bicyclic) bond motifs is 1. The maximum atomic E-state index is 12.7. The van der Waals surface area contributed by atoms with Gasteiger partial charge in [0.25, 0.3) is 5.91 Å². The molecular weight excluding hydrogens is 400 g/mol. The summed E-state index contributed by atoms with van der Waals surface area (Å²) < 4.78 is 0. The third kappa shape index (κ3) is 5.13. The third-order valence-corrected chi connectivity index (χ3v) is 6.28. The highest BCUT2D eigenvalue weighted by Crippen LogP contribution is 2.31. The lowest BCUT2D eigenvalue weighted by Gasteiger charge is -2.32. The van der Waals surface area contributed by atoms with Crippen molar-refractivity contribution >= 4 is 24.2 Å². The van der Waals surface area contributed by atoms with E-state index >= 15 is 0 Å². The van der Waals surface area contributed by atoms with Gasteiger partial charge in [0.2, 0.25) is 0 Å². The van der Waals surface area contributed by atoms with Crippen LogP contribution in [-0.4, -0.2) is 12.5 Å². The molecule has 0 atom stereocenters. The van der Waals surface area contributed by atoms with Gasteiger partial charge in [-0.2, -0.15) is 0 Å². The van der Waals surface area contributed by atoms with Crippen molar-refractivity contribution < 1.29 is 4.79 Å². The molecule has 3 aromatic rings. The second kappa shape index (κ2) is 9.61. The van der Waals surface area contributed by atoms with Gasteiger partial charge in [-0.15, -0.1) is 12.6 Å². The Labute approximate surface area is 190 Å². The lowest BCUT2D eigenvalue weighted by Crippen LogP contribution is -2.30. The Balaban J connectivity index is 1.48. The zero-order chi connectivity index (χ0) is 21.8. The first-order chi connectivity index (χ1) is 15.0. The lowest BCUT2D eigenvalue weighted by atomic mass is 9.95. The van der Waals surface area contributed by atoms with Gasteiger partial charge in [0.15, 0.2) is 0 Å². The van der Waals surface area contributed by atoms with Gasteiger partial charge in [0.05, 0.1) is 0 Å². The van der Waals surface area contributed by atoms with E-state index in [2.05, 4.69) is 73.1 Å². The number of hydrogen-bond donors (Lipinski definition) is 2. The van der Waals surface area contributed by atoms with Gasteiger partial charge in [0, 0.05) is 35.8 Å². The standard InChI is InChI=1S/C27H30N2OS/c1-19(2)25-8-4-3-6-23(25)18-29-15-5-7-21-16-22(11-14-26(21)29)27(30)28-17-20-9-12-24(31)13-10-20/h3-4,6,8-14,16,19,31H,5,7,15,17-18H2,1-2H3,(H,28,30). The molecular formula is C27H30N2OS. The largest absolute Gasteiger partial charge is 0.367 e. The number of anilines is 1. The number of nitrogens with one attached hydrogen (secondary N) is 1. The molecule has 1 amide bonds. The van der Waals surface area contributed by atoms with Gasteiger partial charge in [-0.05, 0) is 71.3 Å². The highest BCUT2D eigenvalue weighted by molar-refractivity contribution is 7.80. The van der Waals surface area contributed by atoms with E-state index in [9.17, 15) is 4.79 Å². The molecule has 3 aromatic carbocycles. The molecule has 1 aliphatic rings. The summed E-state index contributed by atoms with van der Waals surface area (Å²) in [5.74, 6) is 0.482. The predicted molar refractivity (Wildman–Crippen MR) is 131 cm³/mol.